The number of rotatable bonds is 9. The number of ether oxygens (including phenoxy) is 7. The van der Waals surface area contributed by atoms with Gasteiger partial charge in [-0.3, -0.25) is 4.79 Å². The Balaban J connectivity index is 1.61. The van der Waals surface area contributed by atoms with E-state index in [1.165, 1.54) is 7.11 Å². The van der Waals surface area contributed by atoms with Gasteiger partial charge in [0, 0.05) is 19.1 Å². The zero-order valence-electron chi connectivity index (χ0n) is 26.1. The van der Waals surface area contributed by atoms with Crippen LogP contribution in [0.5, 0.6) is 0 Å². The number of benzene rings is 2. The maximum atomic E-state index is 13.2. The molecule has 0 aromatic heterocycles. The van der Waals surface area contributed by atoms with Crippen molar-refractivity contribution in [3.05, 3.63) is 66.2 Å². The maximum absolute atomic E-state index is 13.2. The van der Waals surface area contributed by atoms with Gasteiger partial charge < -0.3 is 33.2 Å². The molecule has 2 aromatic carbocycles. The molecule has 10 unspecified atom stereocenters. The largest absolute Gasteiger partial charge is 0.454 e. The quantitative estimate of drug-likeness (QED) is 0.345. The van der Waals surface area contributed by atoms with Gasteiger partial charge in [-0.05, 0) is 65.8 Å². The lowest BCUT2D eigenvalue weighted by atomic mass is 9.95. The van der Waals surface area contributed by atoms with Crippen molar-refractivity contribution in [3.63, 3.8) is 0 Å². The molecule has 0 aliphatic carbocycles. The average Bonchev–Trinajstić information content (AvgIpc) is 2.98. The standard InChI is InChI=1S/C33H44O9S/c1-19-25(27(37-8)29(21(3)38-19)43-23-17-13-10-14-18-23)41-31-28(42-32(35)33(4,5)6)26(36-7)24(20(2)39-31)40-30(34)22-15-11-9-12-16-22/h9-21,24-29,31H,1-8H3. The highest BCUT2D eigenvalue weighted by Gasteiger charge is 2.53. The van der Waals surface area contributed by atoms with Crippen LogP contribution in [-0.4, -0.2) is 86.5 Å². The molecule has 2 heterocycles. The van der Waals surface area contributed by atoms with Crippen molar-refractivity contribution in [2.75, 3.05) is 14.2 Å². The molecular formula is C33H44O9S. The first-order valence-corrected chi connectivity index (χ1v) is 15.5. The summed E-state index contributed by atoms with van der Waals surface area (Å²) in [6.07, 6.45) is -5.95. The van der Waals surface area contributed by atoms with E-state index in [9.17, 15) is 9.59 Å². The van der Waals surface area contributed by atoms with Crippen LogP contribution in [0.25, 0.3) is 0 Å². The summed E-state index contributed by atoms with van der Waals surface area (Å²) in [5.41, 5.74) is -0.427. The lowest BCUT2D eigenvalue weighted by Gasteiger charge is -2.48. The zero-order chi connectivity index (χ0) is 31.3. The second kappa shape index (κ2) is 14.5. The Morgan fingerprint density at radius 3 is 1.86 bits per heavy atom. The molecule has 9 nitrogen and oxygen atoms in total. The second-order valence-corrected chi connectivity index (χ2v) is 13.3. The summed E-state index contributed by atoms with van der Waals surface area (Å²) in [5.74, 6) is -1.01. The van der Waals surface area contributed by atoms with Gasteiger partial charge in [0.25, 0.3) is 0 Å². The van der Waals surface area contributed by atoms with E-state index >= 15 is 0 Å². The van der Waals surface area contributed by atoms with E-state index in [1.54, 1.807) is 70.8 Å². The van der Waals surface area contributed by atoms with Crippen LogP contribution < -0.4 is 0 Å². The average molecular weight is 617 g/mol. The van der Waals surface area contributed by atoms with Crippen LogP contribution >= 0.6 is 11.8 Å². The first kappa shape index (κ1) is 33.4. The van der Waals surface area contributed by atoms with Gasteiger partial charge >= 0.3 is 11.9 Å². The smallest absolute Gasteiger partial charge is 0.338 e. The number of esters is 2. The molecule has 2 aromatic rings. The van der Waals surface area contributed by atoms with E-state index in [1.807, 2.05) is 50.2 Å². The molecule has 2 aliphatic rings. The summed E-state index contributed by atoms with van der Waals surface area (Å²) in [4.78, 5) is 27.3. The Morgan fingerprint density at radius 2 is 1.28 bits per heavy atom. The van der Waals surface area contributed by atoms with Gasteiger partial charge in [0.15, 0.2) is 18.5 Å². The third-order valence-electron chi connectivity index (χ3n) is 7.69. The van der Waals surface area contributed by atoms with Gasteiger partial charge in [-0.1, -0.05) is 36.4 Å². The first-order chi connectivity index (χ1) is 20.4. The highest BCUT2D eigenvalue weighted by molar-refractivity contribution is 8.00. The van der Waals surface area contributed by atoms with Gasteiger partial charge in [-0.15, -0.1) is 11.8 Å². The minimum atomic E-state index is -1.05. The molecule has 2 aliphatic heterocycles. The van der Waals surface area contributed by atoms with Crippen molar-refractivity contribution in [1.82, 2.24) is 0 Å². The molecule has 43 heavy (non-hydrogen) atoms. The topological polar surface area (TPSA) is 98.8 Å². The molecule has 236 valence electrons. The van der Waals surface area contributed by atoms with Crippen LogP contribution in [0, 0.1) is 5.41 Å². The molecule has 0 saturated carbocycles. The van der Waals surface area contributed by atoms with Crippen LogP contribution in [-0.2, 0) is 38.0 Å². The molecule has 4 rings (SSSR count). The van der Waals surface area contributed by atoms with Gasteiger partial charge in [0.2, 0.25) is 0 Å². The molecule has 0 amide bonds. The fourth-order valence-electron chi connectivity index (χ4n) is 5.35. The summed E-state index contributed by atoms with van der Waals surface area (Å²) in [6, 6.07) is 18.7. The van der Waals surface area contributed by atoms with E-state index in [0.717, 1.165) is 4.90 Å². The van der Waals surface area contributed by atoms with Crippen LogP contribution in [0.4, 0.5) is 0 Å². The Bertz CT molecular complexity index is 1190. The molecule has 10 heteroatoms. The van der Waals surface area contributed by atoms with Crippen LogP contribution in [0.2, 0.25) is 0 Å². The Labute approximate surface area is 258 Å². The third-order valence-corrected chi connectivity index (χ3v) is 9.16. The normalized spacial score (nSPS) is 33.0. The van der Waals surface area contributed by atoms with E-state index in [0.29, 0.717) is 5.56 Å². The molecular weight excluding hydrogens is 572 g/mol. The predicted molar refractivity (Wildman–Crippen MR) is 162 cm³/mol. The van der Waals surface area contributed by atoms with Crippen molar-refractivity contribution in [2.45, 2.75) is 107 Å². The highest BCUT2D eigenvalue weighted by atomic mass is 32.2. The summed E-state index contributed by atoms with van der Waals surface area (Å²) in [7, 11) is 3.14. The number of hydrogen-bond donors (Lipinski definition) is 0. The third kappa shape index (κ3) is 7.98. The zero-order valence-corrected chi connectivity index (χ0v) is 26.9. The number of carbonyl (C=O) groups excluding carboxylic acids is 2. The second-order valence-electron chi connectivity index (χ2n) is 12.0. The molecule has 0 N–H and O–H groups in total. The number of methoxy groups -OCH3 is 2. The van der Waals surface area contributed by atoms with Crippen molar-refractivity contribution in [3.8, 4) is 0 Å². The van der Waals surface area contributed by atoms with Crippen LogP contribution in [0.15, 0.2) is 65.6 Å². The van der Waals surface area contributed by atoms with Gasteiger partial charge in [-0.2, -0.15) is 0 Å². The van der Waals surface area contributed by atoms with E-state index in [4.69, 9.17) is 33.2 Å². The summed E-state index contributed by atoms with van der Waals surface area (Å²) >= 11 is 1.66. The number of carbonyl (C=O) groups is 2. The SMILES string of the molecule is COC1C(OC(=O)c2ccccc2)C(C)OC(OC2C(C)OC(C)C(Sc3ccccc3)C2OC)C1OC(=O)C(C)(C)C. The van der Waals surface area contributed by atoms with Gasteiger partial charge in [0.1, 0.15) is 18.3 Å². The van der Waals surface area contributed by atoms with E-state index in [-0.39, 0.29) is 23.6 Å². The minimum absolute atomic E-state index is 0.0945. The van der Waals surface area contributed by atoms with Gasteiger partial charge in [0.05, 0.1) is 34.5 Å². The van der Waals surface area contributed by atoms with Gasteiger partial charge in [-0.25, -0.2) is 4.79 Å². The lowest BCUT2D eigenvalue weighted by molar-refractivity contribution is -0.330. The lowest BCUT2D eigenvalue weighted by Crippen LogP contribution is -2.64. The predicted octanol–water partition coefficient (Wildman–Crippen LogP) is 5.30. The molecule has 0 spiro atoms. The minimum Gasteiger partial charge on any atom is -0.454 e. The summed E-state index contributed by atoms with van der Waals surface area (Å²) in [6.45, 7) is 11.0. The number of hydrogen-bond acceptors (Lipinski definition) is 10. The summed E-state index contributed by atoms with van der Waals surface area (Å²) in [5, 5.41) is -0.0945. The molecule has 2 saturated heterocycles. The van der Waals surface area contributed by atoms with Crippen molar-refractivity contribution in [2.24, 2.45) is 5.41 Å². The fourth-order valence-corrected chi connectivity index (χ4v) is 6.63. The summed E-state index contributed by atoms with van der Waals surface area (Å²) < 4.78 is 43.2. The number of thioether (sulfide) groups is 1. The van der Waals surface area contributed by atoms with Crippen molar-refractivity contribution in [1.29, 1.82) is 0 Å². The Hall–Kier alpha value is -2.47. The maximum Gasteiger partial charge on any atom is 0.338 e. The van der Waals surface area contributed by atoms with Crippen LogP contribution in [0.3, 0.4) is 0 Å². The first-order valence-electron chi connectivity index (χ1n) is 14.6. The Morgan fingerprint density at radius 1 is 0.698 bits per heavy atom. The van der Waals surface area contributed by atoms with E-state index in [2.05, 4.69) is 0 Å². The van der Waals surface area contributed by atoms with Crippen LogP contribution in [0.1, 0.15) is 51.9 Å². The molecule has 0 radical (unpaired) electrons. The van der Waals surface area contributed by atoms with E-state index < -0.39 is 54.2 Å². The van der Waals surface area contributed by atoms with Crippen molar-refractivity contribution < 1.29 is 42.7 Å². The highest BCUT2D eigenvalue weighted by Crippen LogP contribution is 2.39. The molecule has 10 atom stereocenters. The van der Waals surface area contributed by atoms with Crippen molar-refractivity contribution >= 4 is 23.7 Å². The fraction of sp³-hybridized carbons (Fsp3) is 0.576. The molecule has 2 fully saturated rings. The molecule has 0 bridgehead atoms. The monoisotopic (exact) mass is 616 g/mol. The Kier molecular flexibility index (Phi) is 11.3.